The molecule has 0 amide bonds. The molecule has 8 aliphatic rings. The zero-order valence-electron chi connectivity index (χ0n) is 30.8. The van der Waals surface area contributed by atoms with Crippen molar-refractivity contribution >= 4 is 11.8 Å². The normalized spacial score (nSPS) is 50.0. The smallest absolute Gasteiger partial charge is 0.320 e. The van der Waals surface area contributed by atoms with Crippen molar-refractivity contribution in [2.45, 2.75) is 138 Å². The number of nitrogens with zero attached hydrogens (tertiary/aromatic N) is 1. The first-order valence-electron chi connectivity index (χ1n) is 19.3. The van der Waals surface area contributed by atoms with Crippen LogP contribution in [0.15, 0.2) is 11.6 Å². The number of fused-ring (bicyclic) bond motifs is 10. The van der Waals surface area contributed by atoms with E-state index < -0.39 is 17.9 Å². The molecule has 3 aliphatic heterocycles. The Morgan fingerprint density at radius 2 is 1.62 bits per heavy atom. The number of piperidine rings is 3. The second-order valence-electron chi connectivity index (χ2n) is 19.7. The van der Waals surface area contributed by atoms with Crippen LogP contribution in [0.3, 0.4) is 0 Å². The molecule has 48 heavy (non-hydrogen) atoms. The predicted octanol–water partition coefficient (Wildman–Crippen LogP) is 5.44. The summed E-state index contributed by atoms with van der Waals surface area (Å²) >= 11 is 0. The molecule has 3 heterocycles. The zero-order valence-corrected chi connectivity index (χ0v) is 30.8. The van der Waals surface area contributed by atoms with Crippen LogP contribution in [-0.2, 0) is 14.3 Å². The van der Waals surface area contributed by atoms with Gasteiger partial charge in [0.2, 0.25) is 0 Å². The molecule has 8 heteroatoms. The van der Waals surface area contributed by atoms with Crippen LogP contribution in [0.25, 0.3) is 0 Å². The van der Waals surface area contributed by atoms with Gasteiger partial charge in [0, 0.05) is 23.8 Å². The van der Waals surface area contributed by atoms with Gasteiger partial charge in [0.25, 0.3) is 0 Å². The summed E-state index contributed by atoms with van der Waals surface area (Å²) in [6.07, 6.45) is 10.3. The number of esters is 1. The van der Waals surface area contributed by atoms with Gasteiger partial charge < -0.3 is 20.1 Å². The second kappa shape index (κ2) is 11.6. The van der Waals surface area contributed by atoms with E-state index in [1.54, 1.807) is 0 Å². The first-order valence-corrected chi connectivity index (χ1v) is 19.3. The van der Waals surface area contributed by atoms with E-state index in [0.29, 0.717) is 12.3 Å². The third-order valence-electron chi connectivity index (χ3n) is 17.1. The highest BCUT2D eigenvalue weighted by atomic mass is 16.5. The Morgan fingerprint density at radius 1 is 0.938 bits per heavy atom. The van der Waals surface area contributed by atoms with Crippen molar-refractivity contribution < 1.29 is 29.6 Å². The Morgan fingerprint density at radius 3 is 2.27 bits per heavy atom. The van der Waals surface area contributed by atoms with Crippen LogP contribution in [-0.4, -0.2) is 76.8 Å². The lowest BCUT2D eigenvalue weighted by molar-refractivity contribution is -0.206. The molecule has 5 aliphatic carbocycles. The van der Waals surface area contributed by atoms with Crippen molar-refractivity contribution in [1.82, 2.24) is 10.2 Å². The number of nitrogens with one attached hydrogen (secondary N) is 1. The van der Waals surface area contributed by atoms with E-state index in [2.05, 4.69) is 51.8 Å². The van der Waals surface area contributed by atoms with E-state index >= 15 is 0 Å². The Hall–Kier alpha value is -1.32. The van der Waals surface area contributed by atoms with Gasteiger partial charge in [-0.1, -0.05) is 54.0 Å². The summed E-state index contributed by atoms with van der Waals surface area (Å²) in [4.78, 5) is 30.0. The number of ether oxygens (including phenoxy) is 1. The van der Waals surface area contributed by atoms with E-state index in [1.807, 2.05) is 13.0 Å². The van der Waals surface area contributed by atoms with E-state index in [1.165, 1.54) is 5.57 Å². The maximum Gasteiger partial charge on any atom is 0.320 e. The quantitative estimate of drug-likeness (QED) is 0.218. The van der Waals surface area contributed by atoms with Crippen molar-refractivity contribution in [2.75, 3.05) is 26.2 Å². The van der Waals surface area contributed by atoms with Crippen LogP contribution < -0.4 is 5.32 Å². The number of ketones is 1. The van der Waals surface area contributed by atoms with Crippen molar-refractivity contribution in [3.8, 4) is 0 Å². The summed E-state index contributed by atoms with van der Waals surface area (Å²) in [5, 5.41) is 35.5. The lowest BCUT2D eigenvalue weighted by atomic mass is 9.33. The number of aliphatic hydroxyl groups excluding tert-OH is 2. The fraction of sp³-hybridized carbons (Fsp3) is 0.900. The van der Waals surface area contributed by atoms with Gasteiger partial charge in [-0.25, -0.2) is 0 Å². The van der Waals surface area contributed by atoms with Crippen LogP contribution >= 0.6 is 0 Å². The first-order chi connectivity index (χ1) is 22.4. The highest BCUT2D eigenvalue weighted by Gasteiger charge is 2.70. The molecule has 0 aromatic rings. The molecule has 270 valence electrons. The molecule has 0 spiro atoms. The molecule has 8 rings (SSSR count). The van der Waals surface area contributed by atoms with Gasteiger partial charge in [0.1, 0.15) is 12.3 Å². The van der Waals surface area contributed by atoms with E-state index in [-0.39, 0.29) is 75.1 Å². The van der Waals surface area contributed by atoms with Gasteiger partial charge in [-0.15, -0.1) is 0 Å². The number of hydrogen-bond donors (Lipinski definition) is 4. The highest BCUT2D eigenvalue weighted by molar-refractivity contribution is 5.95. The molecule has 0 radical (unpaired) electrons. The molecule has 7 fully saturated rings. The lowest BCUT2D eigenvalue weighted by Crippen LogP contribution is -2.67. The number of allylic oxidation sites excluding steroid dienone is 2. The summed E-state index contributed by atoms with van der Waals surface area (Å²) in [5.74, 6) is 0.749. The molecule has 0 aromatic heterocycles. The molecular formula is C40H64N2O6. The van der Waals surface area contributed by atoms with Crippen molar-refractivity contribution in [2.24, 2.45) is 62.1 Å². The van der Waals surface area contributed by atoms with E-state index in [0.717, 1.165) is 83.8 Å². The van der Waals surface area contributed by atoms with Gasteiger partial charge in [-0.3, -0.25) is 19.8 Å². The van der Waals surface area contributed by atoms with Crippen molar-refractivity contribution in [3.05, 3.63) is 11.6 Å². The molecule has 3 saturated heterocycles. The minimum atomic E-state index is -1.36. The molecule has 2 bridgehead atoms. The van der Waals surface area contributed by atoms with E-state index in [9.17, 15) is 24.9 Å². The Balaban J connectivity index is 1.09. The van der Waals surface area contributed by atoms with Gasteiger partial charge in [0.15, 0.2) is 12.1 Å². The average molecular weight is 669 g/mol. The zero-order chi connectivity index (χ0) is 34.7. The number of aliphatic hydroxyl groups is 3. The fourth-order valence-corrected chi connectivity index (χ4v) is 13.6. The summed E-state index contributed by atoms with van der Waals surface area (Å²) in [7, 11) is 0. The van der Waals surface area contributed by atoms with Gasteiger partial charge >= 0.3 is 5.97 Å². The topological polar surface area (TPSA) is 119 Å². The van der Waals surface area contributed by atoms with Crippen molar-refractivity contribution in [1.29, 1.82) is 0 Å². The number of hydrogen-bond acceptors (Lipinski definition) is 8. The maximum atomic E-state index is 14.7. The fourth-order valence-electron chi connectivity index (χ4n) is 13.6. The van der Waals surface area contributed by atoms with Crippen LogP contribution in [0.2, 0.25) is 0 Å². The first kappa shape index (κ1) is 35.1. The Labute approximate surface area is 288 Å². The van der Waals surface area contributed by atoms with Gasteiger partial charge in [-0.2, -0.15) is 0 Å². The van der Waals surface area contributed by atoms with Crippen LogP contribution in [0.4, 0.5) is 0 Å². The Kier molecular flexibility index (Phi) is 8.48. The molecule has 0 aromatic carbocycles. The SMILES string of the molecule is CC12CC[C@](C)(C(O)O)CC1C1=CC(=O)[C@@H]3C4(C)CC[C@H](C(O)NCC(=O)O[C@H]5CN6CCC5CC6)C(C)(C)C4CCC3(C)[C@]1(C)CC2. The van der Waals surface area contributed by atoms with Crippen LogP contribution in [0, 0.1) is 62.1 Å². The summed E-state index contributed by atoms with van der Waals surface area (Å²) in [5.41, 5.74) is 0.0473. The maximum absolute atomic E-state index is 14.7. The Bertz CT molecular complexity index is 1340. The van der Waals surface area contributed by atoms with Gasteiger partial charge in [-0.05, 0) is 135 Å². The summed E-state index contributed by atoms with van der Waals surface area (Å²) in [6, 6.07) is 0. The third-order valence-corrected chi connectivity index (χ3v) is 17.1. The predicted molar refractivity (Wildman–Crippen MR) is 184 cm³/mol. The molecule has 8 nitrogen and oxygen atoms in total. The standard InChI is InChI=1S/C40H64N2O6/c1-35(2)25(33(45)41-22-31(44)48-29-23-42-18-10-24(29)11-19-42)8-12-38(5)30(35)9-13-40(7)32(38)28(43)20-26-27-21-37(4,34(46)47)15-14-36(27,3)16-17-39(26,40)6/h20,24-25,27,29-30,32-34,41,45-47H,8-19,21-23H2,1-7H3/t25-,27?,29+,30?,32-,33?,36?,37+,38?,39-,40?/m1/s1. The third kappa shape index (κ3) is 5.07. The highest BCUT2D eigenvalue weighted by Crippen LogP contribution is 2.75. The lowest BCUT2D eigenvalue weighted by Gasteiger charge is -2.71. The summed E-state index contributed by atoms with van der Waals surface area (Å²) < 4.78 is 5.89. The largest absolute Gasteiger partial charge is 0.460 e. The average Bonchev–Trinajstić information content (AvgIpc) is 3.02. The number of carbonyl (C=O) groups is 2. The molecule has 6 unspecified atom stereocenters. The van der Waals surface area contributed by atoms with Crippen LogP contribution in [0.5, 0.6) is 0 Å². The van der Waals surface area contributed by atoms with Crippen LogP contribution in [0.1, 0.15) is 119 Å². The minimum Gasteiger partial charge on any atom is -0.460 e. The minimum absolute atomic E-state index is 0.0104. The number of rotatable bonds is 6. The number of carbonyl (C=O) groups excluding carboxylic acids is 2. The van der Waals surface area contributed by atoms with Gasteiger partial charge in [0.05, 0.1) is 6.54 Å². The molecular weight excluding hydrogens is 604 g/mol. The van der Waals surface area contributed by atoms with E-state index in [4.69, 9.17) is 4.74 Å². The summed E-state index contributed by atoms with van der Waals surface area (Å²) in [6.45, 7) is 19.2. The molecule has 4 saturated carbocycles. The molecule has 11 atom stereocenters. The molecule has 4 N–H and O–H groups in total. The monoisotopic (exact) mass is 668 g/mol. The second-order valence-corrected chi connectivity index (χ2v) is 19.7. The van der Waals surface area contributed by atoms with Crippen molar-refractivity contribution in [3.63, 3.8) is 0 Å².